The van der Waals surface area contributed by atoms with Crippen molar-refractivity contribution in [2.75, 3.05) is 6.54 Å². The Hall–Kier alpha value is -3.07. The largest absolute Gasteiger partial charge is 0.272 e. The van der Waals surface area contributed by atoms with Crippen molar-refractivity contribution in [2.24, 2.45) is 5.10 Å². The van der Waals surface area contributed by atoms with Crippen LogP contribution in [0.15, 0.2) is 88.9 Å². The van der Waals surface area contributed by atoms with Crippen molar-refractivity contribution in [2.45, 2.75) is 11.4 Å². The summed E-state index contributed by atoms with van der Waals surface area (Å²) in [6, 6.07) is 20.4. The summed E-state index contributed by atoms with van der Waals surface area (Å²) in [7, 11) is -4.11. The molecule has 0 aliphatic carbocycles. The highest BCUT2D eigenvalue weighted by molar-refractivity contribution is 7.89. The number of benzene rings is 3. The lowest BCUT2D eigenvalue weighted by Crippen LogP contribution is -2.39. The number of sulfonamides is 1. The second-order valence-electron chi connectivity index (χ2n) is 6.52. The van der Waals surface area contributed by atoms with Crippen molar-refractivity contribution in [1.29, 1.82) is 0 Å². The molecule has 0 spiro atoms. The molecule has 0 saturated heterocycles. The third kappa shape index (κ3) is 6.21. The van der Waals surface area contributed by atoms with Gasteiger partial charge in [0.05, 0.1) is 17.7 Å². The topological polar surface area (TPSA) is 78.8 Å². The molecule has 0 aromatic heterocycles. The molecule has 9 heteroatoms. The number of hydrazone groups is 1. The van der Waals surface area contributed by atoms with Gasteiger partial charge in [-0.1, -0.05) is 60.1 Å². The van der Waals surface area contributed by atoms with E-state index in [1.54, 1.807) is 18.2 Å². The van der Waals surface area contributed by atoms with Gasteiger partial charge >= 0.3 is 0 Å². The van der Waals surface area contributed by atoms with E-state index >= 15 is 0 Å². The van der Waals surface area contributed by atoms with Crippen molar-refractivity contribution in [3.63, 3.8) is 0 Å². The molecule has 0 aliphatic rings. The molecule has 160 valence electrons. The lowest BCUT2D eigenvalue weighted by atomic mass is 10.2. The van der Waals surface area contributed by atoms with E-state index in [0.717, 1.165) is 9.87 Å². The van der Waals surface area contributed by atoms with Gasteiger partial charge in [0.1, 0.15) is 5.82 Å². The highest BCUT2D eigenvalue weighted by Crippen LogP contribution is 2.21. The van der Waals surface area contributed by atoms with Crippen LogP contribution in [0.2, 0.25) is 5.02 Å². The predicted octanol–water partition coefficient (Wildman–Crippen LogP) is 3.82. The fourth-order valence-corrected chi connectivity index (χ4v) is 4.21. The van der Waals surface area contributed by atoms with Gasteiger partial charge in [-0.2, -0.15) is 9.41 Å². The van der Waals surface area contributed by atoms with Gasteiger partial charge in [0.15, 0.2) is 0 Å². The van der Waals surface area contributed by atoms with Crippen LogP contribution in [0.3, 0.4) is 0 Å². The number of carbonyl (C=O) groups excluding carboxylic acids is 1. The van der Waals surface area contributed by atoms with Gasteiger partial charge in [-0.25, -0.2) is 18.2 Å². The van der Waals surface area contributed by atoms with Crippen LogP contribution in [0.1, 0.15) is 11.1 Å². The van der Waals surface area contributed by atoms with Crippen molar-refractivity contribution < 1.29 is 17.6 Å². The quantitative estimate of drug-likeness (QED) is 0.411. The van der Waals surface area contributed by atoms with Crippen LogP contribution in [0.4, 0.5) is 4.39 Å². The summed E-state index contributed by atoms with van der Waals surface area (Å²) in [6.07, 6.45) is 1.44. The first kappa shape index (κ1) is 22.6. The lowest BCUT2D eigenvalue weighted by Gasteiger charge is -2.21. The predicted molar refractivity (Wildman–Crippen MR) is 118 cm³/mol. The van der Waals surface area contributed by atoms with Crippen LogP contribution >= 0.6 is 11.6 Å². The SMILES string of the molecule is O=C(CN(Cc1ccccc1F)S(=O)(=O)c1ccc(Cl)cc1)NN=Cc1ccccc1. The summed E-state index contributed by atoms with van der Waals surface area (Å²) in [6.45, 7) is -0.876. The summed E-state index contributed by atoms with van der Waals surface area (Å²) in [4.78, 5) is 12.3. The average molecular weight is 460 g/mol. The van der Waals surface area contributed by atoms with E-state index in [0.29, 0.717) is 5.02 Å². The molecule has 0 radical (unpaired) electrons. The maximum absolute atomic E-state index is 14.2. The monoisotopic (exact) mass is 459 g/mol. The van der Waals surface area contributed by atoms with Gasteiger partial charge in [-0.3, -0.25) is 4.79 Å². The zero-order chi connectivity index (χ0) is 22.3. The van der Waals surface area contributed by atoms with E-state index in [9.17, 15) is 17.6 Å². The van der Waals surface area contributed by atoms with Gasteiger partial charge in [0, 0.05) is 17.1 Å². The lowest BCUT2D eigenvalue weighted by molar-refractivity contribution is -0.121. The maximum atomic E-state index is 14.2. The Bertz CT molecular complexity index is 1170. The number of amides is 1. The number of halogens is 2. The minimum absolute atomic E-state index is 0.0613. The minimum atomic E-state index is -4.11. The molecule has 0 unspecified atom stereocenters. The zero-order valence-electron chi connectivity index (χ0n) is 16.3. The van der Waals surface area contributed by atoms with E-state index in [1.807, 2.05) is 18.2 Å². The van der Waals surface area contributed by atoms with E-state index < -0.39 is 28.3 Å². The molecular weight excluding hydrogens is 441 g/mol. The summed E-state index contributed by atoms with van der Waals surface area (Å²) in [5.74, 6) is -1.23. The summed E-state index contributed by atoms with van der Waals surface area (Å²) >= 11 is 5.85. The molecule has 3 rings (SSSR count). The first-order valence-electron chi connectivity index (χ1n) is 9.22. The van der Waals surface area contributed by atoms with Crippen LogP contribution < -0.4 is 5.43 Å². The molecule has 3 aromatic rings. The van der Waals surface area contributed by atoms with Crippen LogP contribution in [-0.4, -0.2) is 31.4 Å². The standard InChI is InChI=1S/C22H19ClFN3O3S/c23-19-10-12-20(13-11-19)31(29,30)27(15-18-8-4-5-9-21(18)24)16-22(28)26-25-14-17-6-2-1-3-7-17/h1-14H,15-16H2,(H,26,28). The molecule has 6 nitrogen and oxygen atoms in total. The minimum Gasteiger partial charge on any atom is -0.272 e. The van der Waals surface area contributed by atoms with Crippen LogP contribution in [-0.2, 0) is 21.4 Å². The van der Waals surface area contributed by atoms with Crippen LogP contribution in [0, 0.1) is 5.82 Å². The van der Waals surface area contributed by atoms with Crippen LogP contribution in [0.5, 0.6) is 0 Å². The number of hydrogen-bond donors (Lipinski definition) is 1. The number of nitrogens with zero attached hydrogens (tertiary/aromatic N) is 2. The van der Waals surface area contributed by atoms with Crippen molar-refractivity contribution in [3.8, 4) is 0 Å². The second-order valence-corrected chi connectivity index (χ2v) is 8.90. The molecule has 0 bridgehead atoms. The molecule has 0 heterocycles. The fraction of sp³-hybridized carbons (Fsp3) is 0.0909. The Labute approximate surface area is 185 Å². The fourth-order valence-electron chi connectivity index (χ4n) is 2.71. The van der Waals surface area contributed by atoms with Gasteiger partial charge in [0.2, 0.25) is 10.0 Å². The summed E-state index contributed by atoms with van der Waals surface area (Å²) in [5.41, 5.74) is 3.21. The van der Waals surface area contributed by atoms with Crippen molar-refractivity contribution >= 4 is 33.7 Å². The maximum Gasteiger partial charge on any atom is 0.255 e. The van der Waals surface area contributed by atoms with Gasteiger partial charge in [-0.15, -0.1) is 0 Å². The zero-order valence-corrected chi connectivity index (χ0v) is 17.9. The molecular formula is C22H19ClFN3O3S. The van der Waals surface area contributed by atoms with E-state index in [1.165, 1.54) is 48.7 Å². The Morgan fingerprint density at radius 2 is 1.65 bits per heavy atom. The molecule has 0 aliphatic heterocycles. The molecule has 1 N–H and O–H groups in total. The number of rotatable bonds is 8. The van der Waals surface area contributed by atoms with Crippen molar-refractivity contribution in [1.82, 2.24) is 9.73 Å². The first-order chi connectivity index (χ1) is 14.9. The molecule has 0 saturated carbocycles. The average Bonchev–Trinajstić information content (AvgIpc) is 2.76. The van der Waals surface area contributed by atoms with E-state index in [-0.39, 0.29) is 17.0 Å². The van der Waals surface area contributed by atoms with Gasteiger partial charge < -0.3 is 0 Å². The first-order valence-corrected chi connectivity index (χ1v) is 11.0. The smallest absolute Gasteiger partial charge is 0.255 e. The Morgan fingerprint density at radius 3 is 2.32 bits per heavy atom. The molecule has 0 fully saturated rings. The Morgan fingerprint density at radius 1 is 1.00 bits per heavy atom. The number of nitrogens with one attached hydrogen (secondary N) is 1. The molecule has 3 aromatic carbocycles. The highest BCUT2D eigenvalue weighted by atomic mass is 35.5. The third-order valence-corrected chi connectivity index (χ3v) is 6.34. The number of hydrogen-bond acceptors (Lipinski definition) is 4. The van der Waals surface area contributed by atoms with Gasteiger partial charge in [-0.05, 0) is 35.9 Å². The molecule has 1 amide bonds. The van der Waals surface area contributed by atoms with E-state index in [2.05, 4.69) is 10.5 Å². The van der Waals surface area contributed by atoms with Crippen molar-refractivity contribution in [3.05, 3.63) is 101 Å². The molecule has 31 heavy (non-hydrogen) atoms. The van der Waals surface area contributed by atoms with Crippen LogP contribution in [0.25, 0.3) is 0 Å². The summed E-state index contributed by atoms with van der Waals surface area (Å²) < 4.78 is 41.3. The number of carbonyl (C=O) groups is 1. The normalized spacial score (nSPS) is 11.7. The third-order valence-electron chi connectivity index (χ3n) is 4.28. The Kier molecular flexibility index (Phi) is 7.51. The molecule has 0 atom stereocenters. The summed E-state index contributed by atoms with van der Waals surface area (Å²) in [5, 5.41) is 4.22. The van der Waals surface area contributed by atoms with E-state index in [4.69, 9.17) is 11.6 Å². The Balaban J connectivity index is 1.81. The highest BCUT2D eigenvalue weighted by Gasteiger charge is 2.27. The van der Waals surface area contributed by atoms with Gasteiger partial charge in [0.25, 0.3) is 5.91 Å². The second kappa shape index (κ2) is 10.3.